The number of H-pyrrole nitrogens is 1. The molecule has 0 aliphatic carbocycles. The standard InChI is InChI=1S/C13H16ClN4O14P3/c14-3-2-13(21)8(19)7(5-29-34(25,26)32-35(27,28)31-33(22,23)24)30-11(13)18-4-1-6-9(18)16-12(15)17-10(6)20/h1,4,7-8,11,19,21H,5H2,(H,25,26)(H,27,28)(H2,22,23,24)(H3,15,16,17,20)/t7?,8?,11-,13-/m1/s1. The highest BCUT2D eigenvalue weighted by atomic mass is 35.5. The lowest BCUT2D eigenvalue weighted by Crippen LogP contribution is -2.46. The van der Waals surface area contributed by atoms with Gasteiger partial charge in [0.1, 0.15) is 12.2 Å². The molecule has 1 saturated heterocycles. The Kier molecular flexibility index (Phi) is 7.72. The number of fused-ring (bicyclic) bond motifs is 1. The summed E-state index contributed by atoms with van der Waals surface area (Å²) in [5.41, 5.74) is 2.28. The van der Waals surface area contributed by atoms with Crippen LogP contribution in [0.5, 0.6) is 0 Å². The molecule has 0 aromatic carbocycles. The van der Waals surface area contributed by atoms with Gasteiger partial charge >= 0.3 is 23.5 Å². The third-order valence-corrected chi connectivity index (χ3v) is 8.30. The monoisotopic (exact) mass is 580 g/mol. The molecule has 2 aromatic rings. The molecule has 18 nitrogen and oxygen atoms in total. The summed E-state index contributed by atoms with van der Waals surface area (Å²) in [6.07, 6.45) is -4.12. The minimum atomic E-state index is -5.79. The normalized spacial score (nSPS) is 28.3. The van der Waals surface area contributed by atoms with Crippen molar-refractivity contribution < 1.29 is 61.4 Å². The molecular weight excluding hydrogens is 565 g/mol. The van der Waals surface area contributed by atoms with Crippen LogP contribution in [0.4, 0.5) is 5.95 Å². The highest BCUT2D eigenvalue weighted by molar-refractivity contribution is 7.66. The van der Waals surface area contributed by atoms with E-state index >= 15 is 0 Å². The molecule has 0 amide bonds. The summed E-state index contributed by atoms with van der Waals surface area (Å²) in [4.78, 5) is 54.2. The zero-order chi connectivity index (χ0) is 26.4. The molecule has 3 rings (SSSR count). The quantitative estimate of drug-likeness (QED) is 0.135. The molecule has 35 heavy (non-hydrogen) atoms. The van der Waals surface area contributed by atoms with Crippen LogP contribution < -0.4 is 11.3 Å². The van der Waals surface area contributed by atoms with Crippen LogP contribution in [0.15, 0.2) is 17.1 Å². The van der Waals surface area contributed by atoms with Crippen molar-refractivity contribution in [1.29, 1.82) is 0 Å². The van der Waals surface area contributed by atoms with Gasteiger partial charge in [0.15, 0.2) is 11.9 Å². The summed E-state index contributed by atoms with van der Waals surface area (Å²) in [5.74, 6) is 1.82. The zero-order valence-corrected chi connectivity index (χ0v) is 20.2. The van der Waals surface area contributed by atoms with Crippen LogP contribution in [0.2, 0.25) is 0 Å². The van der Waals surface area contributed by atoms with Gasteiger partial charge in [-0.2, -0.15) is 13.6 Å². The van der Waals surface area contributed by atoms with Gasteiger partial charge in [-0.1, -0.05) is 0 Å². The third-order valence-electron chi connectivity index (χ3n) is 4.40. The maximum Gasteiger partial charge on any atom is 0.490 e. The first-order valence-corrected chi connectivity index (χ1v) is 13.7. The summed E-state index contributed by atoms with van der Waals surface area (Å²) in [5, 5.41) is 23.5. The van der Waals surface area contributed by atoms with Crippen LogP contribution in [-0.4, -0.2) is 68.7 Å². The molecule has 194 valence electrons. The van der Waals surface area contributed by atoms with E-state index in [-0.39, 0.29) is 17.0 Å². The summed E-state index contributed by atoms with van der Waals surface area (Å²) in [7, 11) is -17.0. The Balaban J connectivity index is 1.87. The van der Waals surface area contributed by atoms with E-state index in [4.69, 9.17) is 31.9 Å². The summed E-state index contributed by atoms with van der Waals surface area (Å²) < 4.78 is 52.2. The van der Waals surface area contributed by atoms with E-state index in [0.717, 1.165) is 4.57 Å². The predicted molar refractivity (Wildman–Crippen MR) is 113 cm³/mol. The Morgan fingerprint density at radius 2 is 1.91 bits per heavy atom. The van der Waals surface area contributed by atoms with Crippen molar-refractivity contribution >= 4 is 52.1 Å². The van der Waals surface area contributed by atoms with E-state index in [0.29, 0.717) is 0 Å². The average Bonchev–Trinajstić information content (AvgIpc) is 3.17. The van der Waals surface area contributed by atoms with Crippen molar-refractivity contribution in [2.24, 2.45) is 0 Å². The lowest BCUT2D eigenvalue weighted by Gasteiger charge is -2.26. The number of aliphatic hydroxyl groups is 2. The number of aromatic amines is 1. The number of rotatable bonds is 8. The number of hydrogen-bond donors (Lipinski definition) is 8. The Hall–Kier alpha value is -1.64. The van der Waals surface area contributed by atoms with Crippen LogP contribution >= 0.6 is 35.1 Å². The Morgan fingerprint density at radius 3 is 2.51 bits per heavy atom. The third kappa shape index (κ3) is 6.20. The fraction of sp³-hybridized carbons (Fsp3) is 0.385. The van der Waals surface area contributed by atoms with Crippen molar-refractivity contribution in [3.8, 4) is 11.3 Å². The molecule has 0 bridgehead atoms. The van der Waals surface area contributed by atoms with Gasteiger partial charge in [-0.05, 0) is 23.6 Å². The number of nitrogen functional groups attached to an aromatic ring is 1. The minimum absolute atomic E-state index is 0.00943. The van der Waals surface area contributed by atoms with E-state index < -0.39 is 59.7 Å². The van der Waals surface area contributed by atoms with E-state index in [1.807, 2.05) is 5.38 Å². The van der Waals surface area contributed by atoms with Crippen LogP contribution in [0.25, 0.3) is 11.0 Å². The number of nitrogens with one attached hydrogen (secondary N) is 1. The lowest BCUT2D eigenvalue weighted by atomic mass is 9.95. The topological polar surface area (TPSA) is 286 Å². The largest absolute Gasteiger partial charge is 0.490 e. The van der Waals surface area contributed by atoms with Crippen molar-refractivity contribution in [2.75, 3.05) is 12.3 Å². The van der Waals surface area contributed by atoms with Gasteiger partial charge < -0.3 is 44.8 Å². The highest BCUT2D eigenvalue weighted by Gasteiger charge is 2.57. The highest BCUT2D eigenvalue weighted by Crippen LogP contribution is 2.66. The Bertz CT molecular complexity index is 1400. The fourth-order valence-electron chi connectivity index (χ4n) is 3.11. The van der Waals surface area contributed by atoms with Crippen LogP contribution in [0.1, 0.15) is 6.23 Å². The zero-order valence-electron chi connectivity index (χ0n) is 16.7. The molecule has 1 fully saturated rings. The Labute approximate surface area is 198 Å². The molecule has 1 aliphatic rings. The molecule has 2 aromatic heterocycles. The number of nitrogens with zero attached hydrogens (tertiary/aromatic N) is 2. The molecule has 0 spiro atoms. The summed E-state index contributed by atoms with van der Waals surface area (Å²) in [6, 6.07) is 1.28. The molecule has 4 unspecified atom stereocenters. The minimum Gasteiger partial charge on any atom is -0.386 e. The average molecular weight is 581 g/mol. The number of ether oxygens (including phenoxy) is 1. The molecule has 3 heterocycles. The molecule has 6 atom stereocenters. The SMILES string of the molecule is Nc1nc2c(ccn2[C@@H]2OC(COP(=O)(O)OP(=O)(O)OP(=O)(O)O)C(O)[C@]2(O)C#CCl)c(=O)[nH]1. The lowest BCUT2D eigenvalue weighted by molar-refractivity contribution is -0.0715. The van der Waals surface area contributed by atoms with E-state index in [9.17, 15) is 38.5 Å². The second-order valence-electron chi connectivity index (χ2n) is 6.81. The number of anilines is 1. The molecule has 9 N–H and O–H groups in total. The van der Waals surface area contributed by atoms with Crippen LogP contribution in [-0.2, 0) is 31.6 Å². The van der Waals surface area contributed by atoms with Gasteiger partial charge in [-0.15, -0.1) is 0 Å². The summed E-state index contributed by atoms with van der Waals surface area (Å²) >= 11 is 5.39. The first-order chi connectivity index (χ1) is 16.0. The first kappa shape index (κ1) is 27.9. The number of phosphoric acid groups is 3. The van der Waals surface area contributed by atoms with Gasteiger partial charge in [0.05, 0.1) is 12.0 Å². The van der Waals surface area contributed by atoms with Crippen molar-refractivity contribution in [3.05, 3.63) is 22.6 Å². The second-order valence-corrected chi connectivity index (χ2v) is 11.4. The maximum atomic E-state index is 12.1. The molecule has 22 heteroatoms. The molecule has 1 aliphatic heterocycles. The van der Waals surface area contributed by atoms with Gasteiger partial charge in [0.25, 0.3) is 5.56 Å². The Morgan fingerprint density at radius 1 is 1.26 bits per heavy atom. The molecule has 0 saturated carbocycles. The smallest absolute Gasteiger partial charge is 0.386 e. The van der Waals surface area contributed by atoms with E-state index in [2.05, 4.69) is 29.0 Å². The number of halogens is 1. The van der Waals surface area contributed by atoms with Crippen molar-refractivity contribution in [1.82, 2.24) is 14.5 Å². The van der Waals surface area contributed by atoms with Crippen molar-refractivity contribution in [3.63, 3.8) is 0 Å². The van der Waals surface area contributed by atoms with E-state index in [1.165, 1.54) is 12.3 Å². The predicted octanol–water partition coefficient (Wildman–Crippen LogP) is -1.16. The van der Waals surface area contributed by atoms with Crippen LogP contribution in [0.3, 0.4) is 0 Å². The number of aromatic nitrogens is 3. The van der Waals surface area contributed by atoms with Gasteiger partial charge in [-0.25, -0.2) is 13.7 Å². The maximum absolute atomic E-state index is 12.1. The number of phosphoric ester groups is 1. The number of aliphatic hydroxyl groups excluding tert-OH is 1. The summed E-state index contributed by atoms with van der Waals surface area (Å²) in [6.45, 7) is -1.11. The van der Waals surface area contributed by atoms with Crippen LogP contribution in [0, 0.1) is 11.3 Å². The van der Waals surface area contributed by atoms with Gasteiger partial charge in [0.2, 0.25) is 11.5 Å². The first-order valence-electron chi connectivity index (χ1n) is 8.81. The number of hydrogen-bond acceptors (Lipinski definition) is 12. The number of nitrogens with two attached hydrogens (primary N) is 1. The van der Waals surface area contributed by atoms with E-state index in [1.54, 1.807) is 0 Å². The molecule has 0 radical (unpaired) electrons. The van der Waals surface area contributed by atoms with Crippen molar-refractivity contribution in [2.45, 2.75) is 24.0 Å². The second kappa shape index (κ2) is 9.67. The molecular formula is C13H16ClN4O14P3. The van der Waals surface area contributed by atoms with Gasteiger partial charge in [0, 0.05) is 11.6 Å². The fourth-order valence-corrected chi connectivity index (χ4v) is 6.29. The van der Waals surface area contributed by atoms with Gasteiger partial charge in [-0.3, -0.25) is 14.3 Å².